The number of hydrogen-bond acceptors (Lipinski definition) is 4. The number of rotatable bonds is 2. The minimum absolute atomic E-state index is 0.0966. The molecule has 0 saturated carbocycles. The quantitative estimate of drug-likeness (QED) is 0.497. The number of cyclic esters (lactones) is 1. The molecule has 80 valence electrons. The summed E-state index contributed by atoms with van der Waals surface area (Å²) in [4.78, 5) is 22.3. The van der Waals surface area contributed by atoms with Crippen molar-refractivity contribution in [3.05, 3.63) is 23.5 Å². The van der Waals surface area contributed by atoms with Gasteiger partial charge in [-0.25, -0.2) is 4.79 Å². The van der Waals surface area contributed by atoms with E-state index in [0.717, 1.165) is 6.26 Å². The average Bonchev–Trinajstić information content (AvgIpc) is 2.62. The second kappa shape index (κ2) is 3.51. The number of carboxylic acid groups (broad SMARTS) is 1. The first-order chi connectivity index (χ1) is 7.15. The second-order valence-electron chi connectivity index (χ2n) is 3.57. The summed E-state index contributed by atoms with van der Waals surface area (Å²) < 4.78 is 4.66. The molecule has 0 spiro atoms. The van der Waals surface area contributed by atoms with E-state index in [-0.39, 0.29) is 18.1 Å². The topological polar surface area (TPSA) is 83.8 Å². The standard InChI is InChI=1S/C10H10O5/c11-3-5-1-2-6-7(9(12)13)4-15-10(14)8(5)6/h1,4,6,8,11H,2-3H2,(H,12,13)/t6?,8-/m1/s1. The summed E-state index contributed by atoms with van der Waals surface area (Å²) in [5.41, 5.74) is 0.649. The smallest absolute Gasteiger partial charge is 0.335 e. The first-order valence-electron chi connectivity index (χ1n) is 4.58. The number of carbonyl (C=O) groups excluding carboxylic acids is 1. The highest BCUT2D eigenvalue weighted by molar-refractivity contribution is 5.91. The molecule has 2 rings (SSSR count). The lowest BCUT2D eigenvalue weighted by atomic mass is 9.84. The van der Waals surface area contributed by atoms with Crippen molar-refractivity contribution < 1.29 is 24.5 Å². The lowest BCUT2D eigenvalue weighted by Crippen LogP contribution is -2.31. The van der Waals surface area contributed by atoms with Gasteiger partial charge in [0.05, 0.1) is 18.1 Å². The molecule has 0 saturated heterocycles. The zero-order valence-corrected chi connectivity index (χ0v) is 7.84. The van der Waals surface area contributed by atoms with Crippen molar-refractivity contribution in [3.63, 3.8) is 0 Å². The summed E-state index contributed by atoms with van der Waals surface area (Å²) in [5, 5.41) is 17.9. The number of ether oxygens (including phenoxy) is 1. The molecular weight excluding hydrogens is 200 g/mol. The van der Waals surface area contributed by atoms with E-state index in [4.69, 9.17) is 10.2 Å². The Morgan fingerprint density at radius 1 is 1.60 bits per heavy atom. The lowest BCUT2D eigenvalue weighted by molar-refractivity contribution is -0.145. The summed E-state index contributed by atoms with van der Waals surface area (Å²) in [6.07, 6.45) is 3.17. The molecule has 1 heterocycles. The molecular formula is C10H10O5. The maximum atomic E-state index is 11.4. The third-order valence-electron chi connectivity index (χ3n) is 2.82. The van der Waals surface area contributed by atoms with Gasteiger partial charge in [-0.2, -0.15) is 0 Å². The molecule has 1 aliphatic carbocycles. The zero-order chi connectivity index (χ0) is 11.0. The van der Waals surface area contributed by atoms with Crippen molar-refractivity contribution in [1.29, 1.82) is 0 Å². The fraction of sp³-hybridized carbons (Fsp3) is 0.400. The minimum Gasteiger partial charge on any atom is -0.478 e. The Bertz CT molecular complexity index is 379. The van der Waals surface area contributed by atoms with Gasteiger partial charge < -0.3 is 14.9 Å². The first kappa shape index (κ1) is 9.92. The van der Waals surface area contributed by atoms with E-state index < -0.39 is 17.9 Å². The summed E-state index contributed by atoms with van der Waals surface area (Å²) in [6.45, 7) is -0.233. The van der Waals surface area contributed by atoms with Crippen LogP contribution in [0.2, 0.25) is 0 Å². The molecule has 1 aliphatic heterocycles. The normalized spacial score (nSPS) is 29.0. The number of aliphatic carboxylic acids is 1. The largest absolute Gasteiger partial charge is 0.478 e. The Morgan fingerprint density at radius 3 is 2.93 bits per heavy atom. The number of fused-ring (bicyclic) bond motifs is 1. The molecule has 0 bridgehead atoms. The van der Waals surface area contributed by atoms with E-state index in [9.17, 15) is 9.59 Å². The molecule has 1 unspecified atom stereocenters. The molecule has 0 aromatic heterocycles. The molecule has 0 radical (unpaired) electrons. The van der Waals surface area contributed by atoms with Crippen LogP contribution >= 0.6 is 0 Å². The highest BCUT2D eigenvalue weighted by atomic mass is 16.5. The molecule has 5 nitrogen and oxygen atoms in total. The first-order valence-corrected chi connectivity index (χ1v) is 4.58. The van der Waals surface area contributed by atoms with Gasteiger partial charge >= 0.3 is 11.9 Å². The average molecular weight is 210 g/mol. The van der Waals surface area contributed by atoms with Gasteiger partial charge in [0.25, 0.3) is 0 Å². The molecule has 0 amide bonds. The van der Waals surface area contributed by atoms with Crippen LogP contribution in [0.1, 0.15) is 6.42 Å². The fourth-order valence-corrected chi connectivity index (χ4v) is 2.08. The van der Waals surface area contributed by atoms with Crippen LogP contribution in [0.15, 0.2) is 23.5 Å². The molecule has 0 fully saturated rings. The van der Waals surface area contributed by atoms with Crippen LogP contribution < -0.4 is 0 Å². The monoisotopic (exact) mass is 210 g/mol. The number of carboxylic acids is 1. The van der Waals surface area contributed by atoms with Crippen molar-refractivity contribution in [1.82, 2.24) is 0 Å². The number of hydrogen-bond donors (Lipinski definition) is 2. The Balaban J connectivity index is 2.33. The Morgan fingerprint density at radius 2 is 2.33 bits per heavy atom. The highest BCUT2D eigenvalue weighted by Crippen LogP contribution is 2.40. The number of carbonyl (C=O) groups is 2. The predicted molar refractivity (Wildman–Crippen MR) is 48.6 cm³/mol. The van der Waals surface area contributed by atoms with Crippen LogP contribution in [-0.4, -0.2) is 28.8 Å². The third kappa shape index (κ3) is 1.45. The van der Waals surface area contributed by atoms with Crippen molar-refractivity contribution >= 4 is 11.9 Å². The van der Waals surface area contributed by atoms with Crippen molar-refractivity contribution in [2.24, 2.45) is 11.8 Å². The molecule has 2 atom stereocenters. The van der Waals surface area contributed by atoms with Gasteiger partial charge in [-0.15, -0.1) is 0 Å². The molecule has 0 aromatic carbocycles. The number of esters is 1. The van der Waals surface area contributed by atoms with Crippen LogP contribution in [0, 0.1) is 11.8 Å². The summed E-state index contributed by atoms with van der Waals surface area (Å²) >= 11 is 0. The summed E-state index contributed by atoms with van der Waals surface area (Å²) in [6, 6.07) is 0. The SMILES string of the molecule is O=C(O)C1=COC(=O)[C@@H]2C(CO)=CCC12. The van der Waals surface area contributed by atoms with E-state index in [1.54, 1.807) is 6.08 Å². The van der Waals surface area contributed by atoms with Crippen molar-refractivity contribution in [2.75, 3.05) is 6.61 Å². The van der Waals surface area contributed by atoms with E-state index in [1.165, 1.54) is 0 Å². The lowest BCUT2D eigenvalue weighted by Gasteiger charge is -2.24. The van der Waals surface area contributed by atoms with Crippen LogP contribution in [0.25, 0.3) is 0 Å². The molecule has 0 aromatic rings. The van der Waals surface area contributed by atoms with Crippen LogP contribution in [0.3, 0.4) is 0 Å². The number of allylic oxidation sites excluding steroid dienone is 1. The summed E-state index contributed by atoms with van der Waals surface area (Å²) in [7, 11) is 0. The van der Waals surface area contributed by atoms with Gasteiger partial charge in [0.1, 0.15) is 6.26 Å². The Labute approximate surface area is 85.7 Å². The fourth-order valence-electron chi connectivity index (χ4n) is 2.08. The van der Waals surface area contributed by atoms with Crippen molar-refractivity contribution in [3.8, 4) is 0 Å². The van der Waals surface area contributed by atoms with E-state index >= 15 is 0 Å². The van der Waals surface area contributed by atoms with Gasteiger partial charge in [-0.05, 0) is 12.0 Å². The number of aliphatic hydroxyl groups is 1. The Kier molecular flexibility index (Phi) is 2.32. The van der Waals surface area contributed by atoms with Crippen molar-refractivity contribution in [2.45, 2.75) is 6.42 Å². The minimum atomic E-state index is -1.08. The van der Waals surface area contributed by atoms with Crippen LogP contribution in [0.5, 0.6) is 0 Å². The van der Waals surface area contributed by atoms with Gasteiger partial charge in [-0.3, -0.25) is 4.79 Å². The molecule has 15 heavy (non-hydrogen) atoms. The van der Waals surface area contributed by atoms with Gasteiger partial charge in [0.2, 0.25) is 0 Å². The predicted octanol–water partition coefficient (Wildman–Crippen LogP) is 0.0665. The second-order valence-corrected chi connectivity index (χ2v) is 3.57. The summed E-state index contributed by atoms with van der Waals surface area (Å²) in [5.74, 6) is -2.56. The zero-order valence-electron chi connectivity index (χ0n) is 7.84. The third-order valence-corrected chi connectivity index (χ3v) is 2.82. The van der Waals surface area contributed by atoms with E-state index in [2.05, 4.69) is 4.74 Å². The maximum Gasteiger partial charge on any atom is 0.335 e. The maximum absolute atomic E-state index is 11.4. The van der Waals surface area contributed by atoms with Crippen LogP contribution in [0.4, 0.5) is 0 Å². The van der Waals surface area contributed by atoms with E-state index in [1.807, 2.05) is 0 Å². The molecule has 5 heteroatoms. The van der Waals surface area contributed by atoms with Gasteiger partial charge in [-0.1, -0.05) is 6.08 Å². The molecule has 2 N–H and O–H groups in total. The Hall–Kier alpha value is -1.62. The number of aliphatic hydroxyl groups excluding tert-OH is 1. The molecule has 2 aliphatic rings. The highest BCUT2D eigenvalue weighted by Gasteiger charge is 2.43. The van der Waals surface area contributed by atoms with Gasteiger partial charge in [0.15, 0.2) is 0 Å². The van der Waals surface area contributed by atoms with Gasteiger partial charge in [0, 0.05) is 5.92 Å². The van der Waals surface area contributed by atoms with E-state index in [0.29, 0.717) is 12.0 Å². The van der Waals surface area contributed by atoms with Crippen LogP contribution in [-0.2, 0) is 14.3 Å².